The van der Waals surface area contributed by atoms with Gasteiger partial charge in [0.15, 0.2) is 0 Å². The van der Waals surface area contributed by atoms with Gasteiger partial charge >= 0.3 is 0 Å². The topological polar surface area (TPSA) is 152 Å². The maximum atomic E-state index is 14.6. The first-order valence-corrected chi connectivity index (χ1v) is 23.9. The Bertz CT molecular complexity index is 2660. The number of aromatic nitrogens is 3. The minimum Gasteiger partial charge on any atom is -0.385 e. The second-order valence-electron chi connectivity index (χ2n) is 18.7. The second-order valence-corrected chi connectivity index (χ2v) is 18.7. The van der Waals surface area contributed by atoms with Gasteiger partial charge in [0.05, 0.1) is 12.7 Å². The molecule has 0 saturated carbocycles. The van der Waals surface area contributed by atoms with E-state index in [4.69, 9.17) is 0 Å². The zero-order chi connectivity index (χ0) is 46.8. The Morgan fingerprint density at radius 2 is 1.78 bits per heavy atom. The number of benzene rings is 2. The molecule has 0 aliphatic carbocycles. The van der Waals surface area contributed by atoms with Gasteiger partial charge in [-0.1, -0.05) is 17.9 Å². The lowest BCUT2D eigenvalue weighted by molar-refractivity contribution is -0.136. The number of likely N-dealkylation sites (tertiary alicyclic amines) is 2. The number of anilines is 1. The predicted molar refractivity (Wildman–Crippen MR) is 252 cm³/mol. The molecule has 9 rings (SSSR count). The number of amides is 4. The zero-order valence-electron chi connectivity index (χ0n) is 38.5. The highest BCUT2D eigenvalue weighted by molar-refractivity contribution is 6.09. The molecule has 1 unspecified atom stereocenters. The van der Waals surface area contributed by atoms with E-state index in [2.05, 4.69) is 32.5 Å². The Labute approximate surface area is 390 Å². The van der Waals surface area contributed by atoms with Crippen LogP contribution in [-0.4, -0.2) is 117 Å². The number of hydrogen-bond acceptors (Lipinski definition) is 8. The molecule has 0 bridgehead atoms. The number of piperidine rings is 3. The van der Waals surface area contributed by atoms with Gasteiger partial charge in [-0.25, -0.2) is 8.78 Å². The molecule has 3 saturated heterocycles. The molecule has 4 aromatic rings. The third-order valence-corrected chi connectivity index (χ3v) is 14.4. The molecule has 5 aliphatic rings. The molecule has 3 N–H and O–H groups in total. The van der Waals surface area contributed by atoms with Gasteiger partial charge in [0, 0.05) is 128 Å². The standard InChI is InChI=1S/C51H60F2N10O4/c1-33(64)61-26-19-43(42(32-61)50(54)63-21-4-7-36-28-40(37-30-55-58(2)31-37)41(49(52)53)29-46(36)63)56-38-16-24-60(25-17-38)48(66)9-5-20-59-22-14-34(15-23-59)10-11-35-6-3-8-44-39(35)18-27-62(44)45-12-13-47(65)57-51(45)67/h3,6,8,18,27-31,34,38,45,49,54,56H,4-5,7,9,12-17,19-26,32H2,1-2H3,(H,57,65,67). The Hall–Kier alpha value is -6.34. The van der Waals surface area contributed by atoms with Crippen LogP contribution in [0, 0.1) is 23.2 Å². The number of imide groups is 1. The van der Waals surface area contributed by atoms with Crippen molar-refractivity contribution in [3.63, 3.8) is 0 Å². The monoisotopic (exact) mass is 914 g/mol. The van der Waals surface area contributed by atoms with Crippen molar-refractivity contribution < 1.29 is 28.0 Å². The molecule has 3 fully saturated rings. The van der Waals surface area contributed by atoms with Gasteiger partial charge in [-0.3, -0.25) is 34.6 Å². The van der Waals surface area contributed by atoms with Crippen LogP contribution in [0.25, 0.3) is 22.0 Å². The van der Waals surface area contributed by atoms with Crippen molar-refractivity contribution in [1.29, 1.82) is 5.41 Å². The highest BCUT2D eigenvalue weighted by Gasteiger charge is 2.33. The summed E-state index contributed by atoms with van der Waals surface area (Å²) in [6, 6.07) is 11.0. The lowest BCUT2D eigenvalue weighted by Crippen LogP contribution is -2.48. The zero-order valence-corrected chi connectivity index (χ0v) is 38.5. The van der Waals surface area contributed by atoms with E-state index in [0.29, 0.717) is 80.7 Å². The molecule has 67 heavy (non-hydrogen) atoms. The maximum absolute atomic E-state index is 14.6. The number of carbonyl (C=O) groups excluding carboxylic acids is 4. The minimum absolute atomic E-state index is 0.0708. The number of hydrogen-bond donors (Lipinski definition) is 3. The Kier molecular flexibility index (Phi) is 13.6. The maximum Gasteiger partial charge on any atom is 0.264 e. The summed E-state index contributed by atoms with van der Waals surface area (Å²) >= 11 is 0. The molecule has 16 heteroatoms. The number of fused-ring (bicyclic) bond motifs is 2. The fourth-order valence-electron chi connectivity index (χ4n) is 10.6. The van der Waals surface area contributed by atoms with Crippen molar-refractivity contribution >= 4 is 46.1 Å². The molecular weight excluding hydrogens is 855 g/mol. The van der Waals surface area contributed by atoms with E-state index in [1.54, 1.807) is 35.1 Å². The van der Waals surface area contributed by atoms with E-state index in [1.165, 1.54) is 6.92 Å². The van der Waals surface area contributed by atoms with Gasteiger partial charge in [0.1, 0.15) is 11.9 Å². The molecule has 5 aliphatic heterocycles. The van der Waals surface area contributed by atoms with Crippen molar-refractivity contribution in [1.82, 2.24) is 39.7 Å². The highest BCUT2D eigenvalue weighted by atomic mass is 19.3. The number of rotatable bonds is 10. The van der Waals surface area contributed by atoms with E-state index >= 15 is 0 Å². The highest BCUT2D eigenvalue weighted by Crippen LogP contribution is 2.40. The Morgan fingerprint density at radius 3 is 2.51 bits per heavy atom. The molecule has 352 valence electrons. The van der Waals surface area contributed by atoms with Gasteiger partial charge in [0.2, 0.25) is 23.6 Å². The minimum atomic E-state index is -2.71. The molecule has 0 spiro atoms. The van der Waals surface area contributed by atoms with Crippen molar-refractivity contribution in [2.45, 2.75) is 96.1 Å². The van der Waals surface area contributed by atoms with E-state index in [9.17, 15) is 33.4 Å². The fraction of sp³-hybridized carbons (Fsp3) is 0.490. The van der Waals surface area contributed by atoms with Crippen LogP contribution in [0.2, 0.25) is 0 Å². The van der Waals surface area contributed by atoms with Crippen LogP contribution in [0.5, 0.6) is 0 Å². The number of nitrogens with zero attached hydrogens (tertiary/aromatic N) is 7. The number of nitrogens with one attached hydrogen (secondary N) is 3. The molecule has 2 aromatic heterocycles. The predicted octanol–water partition coefficient (Wildman–Crippen LogP) is 6.32. The number of aryl methyl sites for hydroxylation is 2. The van der Waals surface area contributed by atoms with Crippen LogP contribution in [0.15, 0.2) is 66.3 Å². The summed E-state index contributed by atoms with van der Waals surface area (Å²) in [5.41, 5.74) is 6.00. The first kappa shape index (κ1) is 45.8. The summed E-state index contributed by atoms with van der Waals surface area (Å²) in [6.45, 7) is 6.87. The lowest BCUT2D eigenvalue weighted by atomic mass is 9.92. The summed E-state index contributed by atoms with van der Waals surface area (Å²) in [5.74, 6) is 7.07. The van der Waals surface area contributed by atoms with E-state index in [1.807, 2.05) is 50.9 Å². The van der Waals surface area contributed by atoms with E-state index in [0.717, 1.165) is 85.9 Å². The van der Waals surface area contributed by atoms with Gasteiger partial charge in [-0.15, -0.1) is 0 Å². The summed E-state index contributed by atoms with van der Waals surface area (Å²) in [5, 5.41) is 20.9. The normalized spacial score (nSPS) is 20.0. The van der Waals surface area contributed by atoms with Crippen LogP contribution >= 0.6 is 0 Å². The van der Waals surface area contributed by atoms with Crippen LogP contribution in [0.3, 0.4) is 0 Å². The van der Waals surface area contributed by atoms with Crippen LogP contribution in [0.1, 0.15) is 100 Å². The largest absolute Gasteiger partial charge is 0.385 e. The van der Waals surface area contributed by atoms with Crippen molar-refractivity contribution in [3.8, 4) is 23.0 Å². The molecule has 7 heterocycles. The molecule has 4 amide bonds. The third kappa shape index (κ3) is 10.0. The van der Waals surface area contributed by atoms with Crippen molar-refractivity contribution in [2.24, 2.45) is 13.0 Å². The summed E-state index contributed by atoms with van der Waals surface area (Å²) in [7, 11) is 1.76. The third-order valence-electron chi connectivity index (χ3n) is 14.4. The lowest BCUT2D eigenvalue weighted by Gasteiger charge is -2.39. The molecular formula is C51H60F2N10O4. The SMILES string of the molecule is CC(=O)N1CCC(NC2CCN(C(=O)CCCN3CCC(C#Cc4cccc5c4ccn5C4CCC(=O)NC4=O)CC3)CC2)=C(C(=N)N2CCCc3cc(-c4cnn(C)c4)c(C(F)F)cc32)C1. The summed E-state index contributed by atoms with van der Waals surface area (Å²) in [4.78, 5) is 58.2. The second kappa shape index (κ2) is 19.9. The molecule has 14 nitrogen and oxygen atoms in total. The summed E-state index contributed by atoms with van der Waals surface area (Å²) in [6.07, 6.45) is 10.2. The number of halogens is 2. The van der Waals surface area contributed by atoms with E-state index in [-0.39, 0.29) is 53.5 Å². The van der Waals surface area contributed by atoms with Gasteiger partial charge in [0.25, 0.3) is 6.43 Å². The van der Waals surface area contributed by atoms with Crippen LogP contribution in [-0.2, 0) is 32.6 Å². The number of alkyl halides is 2. The first-order valence-electron chi connectivity index (χ1n) is 23.9. The van der Waals surface area contributed by atoms with Crippen molar-refractivity contribution in [3.05, 3.63) is 82.9 Å². The first-order chi connectivity index (χ1) is 32.4. The molecule has 0 radical (unpaired) electrons. The quantitative estimate of drug-likeness (QED) is 0.0725. The van der Waals surface area contributed by atoms with Gasteiger partial charge < -0.3 is 29.5 Å². The Morgan fingerprint density at radius 1 is 0.970 bits per heavy atom. The summed E-state index contributed by atoms with van der Waals surface area (Å²) < 4.78 is 32.8. The fourth-order valence-corrected chi connectivity index (χ4v) is 10.6. The molecule has 2 aromatic carbocycles. The smallest absolute Gasteiger partial charge is 0.264 e. The van der Waals surface area contributed by atoms with Gasteiger partial charge in [-0.05, 0) is 112 Å². The average molecular weight is 915 g/mol. The molecule has 1 atom stereocenters. The van der Waals surface area contributed by atoms with Crippen LogP contribution < -0.4 is 15.5 Å². The van der Waals surface area contributed by atoms with Crippen molar-refractivity contribution in [2.75, 3.05) is 57.3 Å². The Balaban J connectivity index is 0.761. The van der Waals surface area contributed by atoms with Crippen LogP contribution in [0.4, 0.5) is 14.5 Å². The number of carbonyl (C=O) groups is 4. The van der Waals surface area contributed by atoms with E-state index < -0.39 is 12.5 Å². The van der Waals surface area contributed by atoms with Gasteiger partial charge in [-0.2, -0.15) is 5.10 Å². The number of amidine groups is 1. The average Bonchev–Trinajstić information content (AvgIpc) is 3.97.